The number of ketones is 2. The zero-order chi connectivity index (χ0) is 11.5. The summed E-state index contributed by atoms with van der Waals surface area (Å²) in [4.78, 5) is 22.1. The summed E-state index contributed by atoms with van der Waals surface area (Å²) in [6, 6.07) is 7.04. The van der Waals surface area contributed by atoms with Crippen molar-refractivity contribution in [1.29, 1.82) is 0 Å². The lowest BCUT2D eigenvalue weighted by Crippen LogP contribution is -2.12. The molecule has 1 atom stereocenters. The predicted molar refractivity (Wildman–Crippen MR) is 59.7 cm³/mol. The van der Waals surface area contributed by atoms with Crippen molar-refractivity contribution in [3.8, 4) is 5.75 Å². The number of carbonyl (C=O) groups is 2. The molecule has 0 N–H and O–H groups in total. The Kier molecular flexibility index (Phi) is 3.04. The number of carbonyl (C=O) groups excluding carboxylic acids is 2. The highest BCUT2D eigenvalue weighted by Crippen LogP contribution is 2.22. The molecule has 1 aromatic rings. The van der Waals surface area contributed by atoms with Crippen molar-refractivity contribution < 1.29 is 14.3 Å². The van der Waals surface area contributed by atoms with E-state index in [1.54, 1.807) is 24.3 Å². The summed E-state index contributed by atoms with van der Waals surface area (Å²) in [5.74, 6) is 1.04. The van der Waals surface area contributed by atoms with E-state index in [9.17, 15) is 9.59 Å². The van der Waals surface area contributed by atoms with Crippen LogP contribution in [0.2, 0.25) is 0 Å². The summed E-state index contributed by atoms with van der Waals surface area (Å²) in [5.41, 5.74) is 0.676. The molecule has 84 valence electrons. The van der Waals surface area contributed by atoms with Crippen LogP contribution in [-0.2, 0) is 4.79 Å². The van der Waals surface area contributed by atoms with Crippen LogP contribution >= 0.6 is 0 Å². The van der Waals surface area contributed by atoms with Gasteiger partial charge in [0.2, 0.25) is 0 Å². The maximum Gasteiger partial charge on any atom is 0.159 e. The Bertz CT molecular complexity index is 406. The smallest absolute Gasteiger partial charge is 0.159 e. The Morgan fingerprint density at radius 3 is 2.50 bits per heavy atom. The van der Waals surface area contributed by atoms with Crippen molar-refractivity contribution in [1.82, 2.24) is 0 Å². The Morgan fingerprint density at radius 1 is 1.31 bits per heavy atom. The van der Waals surface area contributed by atoms with Crippen molar-refractivity contribution >= 4 is 11.6 Å². The van der Waals surface area contributed by atoms with Crippen LogP contribution in [0.4, 0.5) is 0 Å². The summed E-state index contributed by atoms with van der Waals surface area (Å²) in [6.45, 7) is 1.53. The molecule has 1 aliphatic carbocycles. The second-order valence-electron chi connectivity index (χ2n) is 4.10. The average molecular weight is 218 g/mol. The molecule has 0 amide bonds. The number of benzene rings is 1. The molecular weight excluding hydrogens is 204 g/mol. The van der Waals surface area contributed by atoms with Gasteiger partial charge in [-0.05, 0) is 37.6 Å². The Balaban J connectivity index is 2.00. The van der Waals surface area contributed by atoms with Gasteiger partial charge in [-0.1, -0.05) is 0 Å². The zero-order valence-corrected chi connectivity index (χ0v) is 9.23. The quantitative estimate of drug-likeness (QED) is 0.731. The van der Waals surface area contributed by atoms with Crippen LogP contribution in [0.1, 0.15) is 36.5 Å². The lowest BCUT2D eigenvalue weighted by atomic mass is 10.1. The molecule has 2 rings (SSSR count). The third kappa shape index (κ3) is 2.48. The van der Waals surface area contributed by atoms with Crippen LogP contribution in [0.5, 0.6) is 5.75 Å². The molecule has 1 fully saturated rings. The van der Waals surface area contributed by atoms with Crippen LogP contribution in [0.3, 0.4) is 0 Å². The van der Waals surface area contributed by atoms with Gasteiger partial charge in [0.15, 0.2) is 5.78 Å². The molecule has 1 saturated carbocycles. The first-order chi connectivity index (χ1) is 7.65. The minimum atomic E-state index is 0.00989. The number of hydrogen-bond donors (Lipinski definition) is 0. The van der Waals surface area contributed by atoms with Crippen molar-refractivity contribution in [3.63, 3.8) is 0 Å². The lowest BCUT2D eigenvalue weighted by molar-refractivity contribution is -0.117. The first-order valence-electron chi connectivity index (χ1n) is 5.44. The SMILES string of the molecule is CC(=O)c1ccc(OC2CCC(=O)C2)cc1. The Morgan fingerprint density at radius 2 is 2.00 bits per heavy atom. The Labute approximate surface area is 94.4 Å². The van der Waals surface area contributed by atoms with Gasteiger partial charge in [0.25, 0.3) is 0 Å². The van der Waals surface area contributed by atoms with Crippen LogP contribution < -0.4 is 4.74 Å². The molecule has 0 bridgehead atoms. The first kappa shape index (κ1) is 10.9. The maximum atomic E-state index is 11.1. The molecule has 3 nitrogen and oxygen atoms in total. The number of rotatable bonds is 3. The highest BCUT2D eigenvalue weighted by molar-refractivity contribution is 5.94. The first-order valence-corrected chi connectivity index (χ1v) is 5.44. The van der Waals surface area contributed by atoms with Crippen molar-refractivity contribution in [2.75, 3.05) is 0 Å². The molecule has 16 heavy (non-hydrogen) atoms. The molecule has 0 aromatic heterocycles. The van der Waals surface area contributed by atoms with E-state index < -0.39 is 0 Å². The second kappa shape index (κ2) is 4.47. The summed E-state index contributed by atoms with van der Waals surface area (Å²) in [5, 5.41) is 0. The topological polar surface area (TPSA) is 43.4 Å². The normalized spacial score (nSPS) is 19.8. The minimum absolute atomic E-state index is 0.00989. The monoisotopic (exact) mass is 218 g/mol. The van der Waals surface area contributed by atoms with Crippen LogP contribution in [0, 0.1) is 0 Å². The Hall–Kier alpha value is -1.64. The number of ether oxygens (including phenoxy) is 1. The molecule has 1 unspecified atom stereocenters. The third-order valence-electron chi connectivity index (χ3n) is 2.76. The van der Waals surface area contributed by atoms with Crippen LogP contribution in [-0.4, -0.2) is 17.7 Å². The lowest BCUT2D eigenvalue weighted by Gasteiger charge is -2.12. The molecule has 0 spiro atoms. The van der Waals surface area contributed by atoms with Gasteiger partial charge in [-0.2, -0.15) is 0 Å². The third-order valence-corrected chi connectivity index (χ3v) is 2.76. The minimum Gasteiger partial charge on any atom is -0.490 e. The van der Waals surface area contributed by atoms with E-state index in [1.807, 2.05) is 0 Å². The van der Waals surface area contributed by atoms with Gasteiger partial charge < -0.3 is 4.74 Å². The van der Waals surface area contributed by atoms with Gasteiger partial charge >= 0.3 is 0 Å². The highest BCUT2D eigenvalue weighted by Gasteiger charge is 2.23. The van der Waals surface area contributed by atoms with E-state index in [4.69, 9.17) is 4.74 Å². The van der Waals surface area contributed by atoms with Crippen LogP contribution in [0.25, 0.3) is 0 Å². The molecule has 0 heterocycles. The van der Waals surface area contributed by atoms with Gasteiger partial charge in [-0.3, -0.25) is 9.59 Å². The van der Waals surface area contributed by atoms with E-state index in [0.29, 0.717) is 18.4 Å². The van der Waals surface area contributed by atoms with Crippen molar-refractivity contribution in [3.05, 3.63) is 29.8 Å². The van der Waals surface area contributed by atoms with Crippen molar-refractivity contribution in [2.45, 2.75) is 32.3 Å². The van der Waals surface area contributed by atoms with E-state index in [1.165, 1.54) is 6.92 Å². The standard InChI is InChI=1S/C13H14O3/c1-9(14)10-2-5-12(6-3-10)16-13-7-4-11(15)8-13/h2-3,5-6,13H,4,7-8H2,1H3. The zero-order valence-electron chi connectivity index (χ0n) is 9.23. The summed E-state index contributed by atoms with van der Waals surface area (Å²) in [7, 11) is 0. The van der Waals surface area contributed by atoms with Crippen molar-refractivity contribution in [2.24, 2.45) is 0 Å². The van der Waals surface area contributed by atoms with E-state index in [0.717, 1.165) is 12.2 Å². The van der Waals surface area contributed by atoms with E-state index in [2.05, 4.69) is 0 Å². The number of hydrogen-bond acceptors (Lipinski definition) is 3. The molecular formula is C13H14O3. The maximum absolute atomic E-state index is 11.1. The summed E-state index contributed by atoms with van der Waals surface area (Å²) in [6.07, 6.45) is 1.94. The van der Waals surface area contributed by atoms with E-state index in [-0.39, 0.29) is 17.7 Å². The second-order valence-corrected chi connectivity index (χ2v) is 4.10. The fourth-order valence-electron chi connectivity index (χ4n) is 1.84. The number of Topliss-reactive ketones (excluding diaryl/α,β-unsaturated/α-hetero) is 2. The van der Waals surface area contributed by atoms with Gasteiger partial charge in [-0.15, -0.1) is 0 Å². The van der Waals surface area contributed by atoms with Gasteiger partial charge in [0.1, 0.15) is 17.6 Å². The molecule has 0 aliphatic heterocycles. The average Bonchev–Trinajstić information content (AvgIpc) is 2.65. The van der Waals surface area contributed by atoms with Crippen LogP contribution in [0.15, 0.2) is 24.3 Å². The summed E-state index contributed by atoms with van der Waals surface area (Å²) < 4.78 is 5.65. The molecule has 1 aromatic carbocycles. The molecule has 1 aliphatic rings. The molecule has 0 radical (unpaired) electrons. The fraction of sp³-hybridized carbons (Fsp3) is 0.385. The molecule has 0 saturated heterocycles. The largest absolute Gasteiger partial charge is 0.490 e. The van der Waals surface area contributed by atoms with Gasteiger partial charge in [-0.25, -0.2) is 0 Å². The summed E-state index contributed by atoms with van der Waals surface area (Å²) >= 11 is 0. The van der Waals surface area contributed by atoms with Gasteiger partial charge in [0.05, 0.1) is 0 Å². The van der Waals surface area contributed by atoms with E-state index >= 15 is 0 Å². The fourth-order valence-corrected chi connectivity index (χ4v) is 1.84. The van der Waals surface area contributed by atoms with Gasteiger partial charge in [0, 0.05) is 18.4 Å². The highest BCUT2D eigenvalue weighted by atomic mass is 16.5. The molecule has 3 heteroatoms. The predicted octanol–water partition coefficient (Wildman–Crippen LogP) is 2.39.